The fraction of sp³-hybridized carbons (Fsp3) is 0.425. The molecule has 4 aromatic rings. The maximum atomic E-state index is 14.5. The van der Waals surface area contributed by atoms with Crippen LogP contribution in [0.4, 0.5) is 41.9 Å². The normalized spacial score (nSPS) is 19.6. The van der Waals surface area contributed by atoms with E-state index in [0.717, 1.165) is 18.9 Å². The Morgan fingerprint density at radius 2 is 1.89 bits per heavy atom. The molecule has 1 atom stereocenters. The van der Waals surface area contributed by atoms with Gasteiger partial charge < -0.3 is 34.5 Å². The Morgan fingerprint density at radius 1 is 1.11 bits per heavy atom. The van der Waals surface area contributed by atoms with Crippen molar-refractivity contribution in [3.63, 3.8) is 0 Å². The van der Waals surface area contributed by atoms with Gasteiger partial charge in [0, 0.05) is 74.7 Å². The molecule has 1 aliphatic carbocycles. The number of benzene rings is 1. The number of aryl methyl sites for hydroxylation is 1. The van der Waals surface area contributed by atoms with Gasteiger partial charge in [0.2, 0.25) is 5.91 Å². The monoisotopic (exact) mass is 787 g/mol. The number of fused-ring (bicyclic) bond motifs is 3. The Labute approximate surface area is 326 Å². The number of anilines is 5. The molecule has 2 amide bonds. The van der Waals surface area contributed by atoms with Crippen molar-refractivity contribution in [3.8, 4) is 11.3 Å². The molecule has 2 fully saturated rings. The van der Waals surface area contributed by atoms with Crippen molar-refractivity contribution >= 4 is 40.5 Å². The van der Waals surface area contributed by atoms with Gasteiger partial charge in [-0.2, -0.15) is 13.2 Å². The number of carbonyl (C=O) groups is 2. The summed E-state index contributed by atoms with van der Waals surface area (Å²) in [4.78, 5) is 53.7. The van der Waals surface area contributed by atoms with E-state index in [1.807, 2.05) is 6.07 Å². The lowest BCUT2D eigenvalue weighted by Gasteiger charge is -2.48. The number of rotatable bonds is 9. The molecule has 4 aliphatic rings. The summed E-state index contributed by atoms with van der Waals surface area (Å²) in [6.45, 7) is 9.30. The van der Waals surface area contributed by atoms with Crippen molar-refractivity contribution in [3.05, 3.63) is 88.2 Å². The summed E-state index contributed by atoms with van der Waals surface area (Å²) in [5.41, 5.74) is 4.16. The minimum Gasteiger partial charge on any atom is -0.392 e. The largest absolute Gasteiger partial charge is 0.409 e. The lowest BCUT2D eigenvalue weighted by Crippen LogP contribution is -2.64. The number of aromatic nitrogens is 4. The number of nitrogens with one attached hydrogen (secondary N) is 2. The number of pyridine rings is 1. The zero-order chi connectivity index (χ0) is 40.4. The van der Waals surface area contributed by atoms with E-state index in [9.17, 15) is 32.7 Å². The van der Waals surface area contributed by atoms with Gasteiger partial charge in [-0.25, -0.2) is 9.97 Å². The summed E-state index contributed by atoms with van der Waals surface area (Å²) in [5.74, 6) is -0.686. The molecule has 0 bridgehead atoms. The Balaban J connectivity index is 1.10. The molecule has 3 aromatic heterocycles. The quantitative estimate of drug-likeness (QED) is 0.211. The Hall–Kier alpha value is -5.52. The van der Waals surface area contributed by atoms with E-state index in [2.05, 4.69) is 45.6 Å². The molecule has 1 unspecified atom stereocenters. The number of carbonyl (C=O) groups excluding carboxylic acids is 2. The van der Waals surface area contributed by atoms with Crippen LogP contribution in [0.25, 0.3) is 11.3 Å². The zero-order valence-corrected chi connectivity index (χ0v) is 31.9. The molecule has 6 heterocycles. The predicted octanol–water partition coefficient (Wildman–Crippen LogP) is 4.24. The van der Waals surface area contributed by atoms with E-state index in [1.165, 1.54) is 58.4 Å². The molecule has 0 saturated carbocycles. The molecule has 2 saturated heterocycles. The van der Waals surface area contributed by atoms with Crippen molar-refractivity contribution in [1.29, 1.82) is 0 Å². The Morgan fingerprint density at radius 3 is 2.60 bits per heavy atom. The second kappa shape index (κ2) is 14.5. The smallest absolute Gasteiger partial charge is 0.392 e. The summed E-state index contributed by atoms with van der Waals surface area (Å²) in [6, 6.07) is 6.13. The van der Waals surface area contributed by atoms with Crippen LogP contribution in [0.3, 0.4) is 0 Å². The SMILES string of the molecule is C=CC(=O)Nc1cc(Nc2nc(-c3ccnc(N4CCn5c(cc6c5CC(C)(C)C6)C4=O)c3CO)cn(C)c2=O)ccc1N1CCN(C2COC2)CC1C(F)(F)F. The van der Waals surface area contributed by atoms with Crippen LogP contribution in [0.15, 0.2) is 60.2 Å². The third kappa shape index (κ3) is 7.08. The second-order valence-corrected chi connectivity index (χ2v) is 15.8. The number of amides is 2. The summed E-state index contributed by atoms with van der Waals surface area (Å²) >= 11 is 0. The highest BCUT2D eigenvalue weighted by molar-refractivity contribution is 6.06. The molecule has 3 N–H and O–H groups in total. The van der Waals surface area contributed by atoms with Crippen LogP contribution >= 0.6 is 0 Å². The van der Waals surface area contributed by atoms with Gasteiger partial charge in [-0.05, 0) is 60.2 Å². The first kappa shape index (κ1) is 38.4. The van der Waals surface area contributed by atoms with Crippen molar-refractivity contribution < 1.29 is 32.6 Å². The minimum atomic E-state index is -4.57. The average molecular weight is 788 g/mol. The number of halogens is 3. The third-order valence-electron chi connectivity index (χ3n) is 11.4. The van der Waals surface area contributed by atoms with E-state index in [-0.39, 0.29) is 59.2 Å². The van der Waals surface area contributed by atoms with Crippen LogP contribution in [0.1, 0.15) is 41.2 Å². The van der Waals surface area contributed by atoms with Crippen LogP contribution in [0, 0.1) is 5.41 Å². The number of aliphatic hydroxyl groups is 1. The molecule has 3 aliphatic heterocycles. The lowest BCUT2D eigenvalue weighted by molar-refractivity contribution is -0.165. The number of hydrogen-bond acceptors (Lipinski definition) is 10. The first-order valence-electron chi connectivity index (χ1n) is 18.9. The molecule has 8 rings (SSSR count). The van der Waals surface area contributed by atoms with Crippen LogP contribution in [-0.4, -0.2) is 98.6 Å². The van der Waals surface area contributed by atoms with Gasteiger partial charge in [0.1, 0.15) is 17.6 Å². The second-order valence-electron chi connectivity index (χ2n) is 15.8. The summed E-state index contributed by atoms with van der Waals surface area (Å²) < 4.78 is 52.2. The Bertz CT molecular complexity index is 2330. The van der Waals surface area contributed by atoms with Gasteiger partial charge >= 0.3 is 6.18 Å². The number of nitrogens with zero attached hydrogens (tertiary/aromatic N) is 7. The molecular weight excluding hydrogens is 743 g/mol. The highest BCUT2D eigenvalue weighted by Gasteiger charge is 2.49. The van der Waals surface area contributed by atoms with Crippen LogP contribution in [0.2, 0.25) is 0 Å². The number of aliphatic hydroxyl groups excluding tert-OH is 1. The maximum Gasteiger partial charge on any atom is 0.409 e. The number of alkyl halides is 3. The van der Waals surface area contributed by atoms with Crippen LogP contribution in [-0.2, 0) is 42.6 Å². The lowest BCUT2D eigenvalue weighted by atomic mass is 9.90. The van der Waals surface area contributed by atoms with Crippen molar-refractivity contribution in [2.24, 2.45) is 12.5 Å². The molecule has 1 aromatic carbocycles. The summed E-state index contributed by atoms with van der Waals surface area (Å²) in [6.07, 6.45) is 1.26. The topological polar surface area (TPSA) is 150 Å². The maximum absolute atomic E-state index is 14.5. The van der Waals surface area contributed by atoms with E-state index in [0.29, 0.717) is 55.4 Å². The van der Waals surface area contributed by atoms with E-state index in [1.54, 1.807) is 15.9 Å². The zero-order valence-electron chi connectivity index (χ0n) is 31.9. The highest BCUT2D eigenvalue weighted by Crippen LogP contribution is 2.41. The average Bonchev–Trinajstić information content (AvgIpc) is 3.64. The molecule has 14 nitrogen and oxygen atoms in total. The molecule has 300 valence electrons. The number of ether oxygens (including phenoxy) is 1. The van der Waals surface area contributed by atoms with E-state index >= 15 is 0 Å². The van der Waals surface area contributed by atoms with E-state index < -0.39 is 30.3 Å². The van der Waals surface area contributed by atoms with Crippen LogP contribution < -0.4 is 26.0 Å². The predicted molar refractivity (Wildman–Crippen MR) is 208 cm³/mol. The molecule has 17 heteroatoms. The fourth-order valence-electron chi connectivity index (χ4n) is 8.46. The van der Waals surface area contributed by atoms with Crippen molar-refractivity contribution in [2.45, 2.75) is 58.1 Å². The minimum absolute atomic E-state index is 0.0475. The first-order valence-corrected chi connectivity index (χ1v) is 18.9. The Kier molecular flexibility index (Phi) is 9.72. The van der Waals surface area contributed by atoms with Gasteiger partial charge in [0.25, 0.3) is 11.5 Å². The summed E-state index contributed by atoms with van der Waals surface area (Å²) in [7, 11) is 1.54. The number of hydrogen-bond donors (Lipinski definition) is 3. The highest BCUT2D eigenvalue weighted by atomic mass is 19.4. The van der Waals surface area contributed by atoms with E-state index in [4.69, 9.17) is 4.74 Å². The fourth-order valence-corrected chi connectivity index (χ4v) is 8.46. The molecular formula is C40H44F3N9O5. The number of piperazine rings is 1. The molecule has 0 radical (unpaired) electrons. The van der Waals surface area contributed by atoms with Crippen molar-refractivity contribution in [2.75, 3.05) is 59.8 Å². The molecule has 0 spiro atoms. The van der Waals surface area contributed by atoms with Gasteiger partial charge in [-0.1, -0.05) is 20.4 Å². The van der Waals surface area contributed by atoms with Gasteiger partial charge in [0.05, 0.1) is 42.9 Å². The third-order valence-corrected chi connectivity index (χ3v) is 11.4. The first-order chi connectivity index (χ1) is 27.2. The van der Waals surface area contributed by atoms with Gasteiger partial charge in [-0.3, -0.25) is 24.2 Å². The standard InChI is InChI=1S/C40H44F3N9O5/c1-5-34(54)46-28-15-24(6-7-30(28)51-11-10-49(25-21-57-22-25)19-33(51)40(41,42)43)45-35-38(56)48(4)18-29(47-35)26-8-9-44-36(27(26)20-53)52-13-12-50-31(37(52)55)14-23-16-39(2,3)17-32(23)50/h5-9,14-15,18,25,33,53H,1,10-13,16-17,19-22H2,2-4H3,(H,45,47)(H,46,54). The summed E-state index contributed by atoms with van der Waals surface area (Å²) in [5, 5.41) is 16.3. The van der Waals surface area contributed by atoms with Crippen LogP contribution in [0.5, 0.6) is 0 Å². The van der Waals surface area contributed by atoms with Crippen molar-refractivity contribution in [1.82, 2.24) is 24.0 Å². The van der Waals surface area contributed by atoms with Gasteiger partial charge in [-0.15, -0.1) is 0 Å². The molecule has 57 heavy (non-hydrogen) atoms. The van der Waals surface area contributed by atoms with Gasteiger partial charge in [0.15, 0.2) is 5.82 Å².